The van der Waals surface area contributed by atoms with Crippen LogP contribution in [0.1, 0.15) is 29.4 Å². The smallest absolute Gasteiger partial charge is 0.352 e. The number of hydrogen-bond acceptors (Lipinski definition) is 4. The van der Waals surface area contributed by atoms with Crippen molar-refractivity contribution in [2.75, 3.05) is 20.2 Å². The molecule has 2 N–H and O–H groups in total. The van der Waals surface area contributed by atoms with E-state index < -0.39 is 16.0 Å². The van der Waals surface area contributed by atoms with Gasteiger partial charge < -0.3 is 14.8 Å². The predicted octanol–water partition coefficient (Wildman–Crippen LogP) is 0.134. The third-order valence-electron chi connectivity index (χ3n) is 3.11. The monoisotopic (exact) mass is 288 g/mol. The second kappa shape index (κ2) is 4.95. The van der Waals surface area contributed by atoms with E-state index in [1.807, 2.05) is 0 Å². The normalized spacial score (nSPS) is 15.9. The van der Waals surface area contributed by atoms with E-state index in [0.717, 1.165) is 17.1 Å². The molecule has 1 aliphatic carbocycles. The van der Waals surface area contributed by atoms with Gasteiger partial charge in [0.15, 0.2) is 0 Å². The molecule has 1 fully saturated rings. The molecule has 0 spiro atoms. The molecule has 1 aromatic heterocycles. The Morgan fingerprint density at radius 3 is 2.63 bits per heavy atom. The van der Waals surface area contributed by atoms with Gasteiger partial charge in [0, 0.05) is 25.8 Å². The Kier molecular flexibility index (Phi) is 3.66. The molecule has 0 radical (unpaired) electrons. The lowest BCUT2D eigenvalue weighted by molar-refractivity contribution is 0.0685. The van der Waals surface area contributed by atoms with E-state index in [2.05, 4.69) is 0 Å². The summed E-state index contributed by atoms with van der Waals surface area (Å²) in [6.45, 7) is -0.315. The summed E-state index contributed by atoms with van der Waals surface area (Å²) >= 11 is 0. The Labute approximate surface area is 111 Å². The number of nitrogens with zero attached hydrogens (tertiary/aromatic N) is 2. The SMILES string of the molecule is CN(CCO)S(=O)(=O)c1cc(C(=O)O)n(C2CC2)c1. The highest BCUT2D eigenvalue weighted by atomic mass is 32.2. The van der Waals surface area contributed by atoms with E-state index >= 15 is 0 Å². The van der Waals surface area contributed by atoms with Crippen molar-refractivity contribution in [3.63, 3.8) is 0 Å². The molecule has 1 heterocycles. The van der Waals surface area contributed by atoms with Gasteiger partial charge >= 0.3 is 5.97 Å². The quantitative estimate of drug-likeness (QED) is 0.775. The van der Waals surface area contributed by atoms with Gasteiger partial charge in [-0.25, -0.2) is 13.2 Å². The summed E-state index contributed by atoms with van der Waals surface area (Å²) < 4.78 is 26.8. The number of carboxylic acids is 1. The van der Waals surface area contributed by atoms with Crippen molar-refractivity contribution in [3.05, 3.63) is 18.0 Å². The van der Waals surface area contributed by atoms with Crippen LogP contribution in [0.3, 0.4) is 0 Å². The molecule has 0 aliphatic heterocycles. The van der Waals surface area contributed by atoms with Crippen molar-refractivity contribution in [2.45, 2.75) is 23.8 Å². The van der Waals surface area contributed by atoms with Gasteiger partial charge in [0.05, 0.1) is 6.61 Å². The van der Waals surface area contributed by atoms with Gasteiger partial charge in [-0.2, -0.15) is 4.31 Å². The first-order chi connectivity index (χ1) is 8.87. The summed E-state index contributed by atoms with van der Waals surface area (Å²) in [4.78, 5) is 11.1. The average Bonchev–Trinajstić information content (AvgIpc) is 3.07. The van der Waals surface area contributed by atoms with Crippen LogP contribution in [-0.2, 0) is 10.0 Å². The highest BCUT2D eigenvalue weighted by Crippen LogP contribution is 2.37. The molecular weight excluding hydrogens is 272 g/mol. The number of rotatable bonds is 6. The largest absolute Gasteiger partial charge is 0.477 e. The molecule has 0 amide bonds. The Hall–Kier alpha value is -1.38. The molecule has 0 aromatic carbocycles. The first-order valence-electron chi connectivity index (χ1n) is 5.90. The number of aliphatic hydroxyl groups is 1. The number of carboxylic acid groups (broad SMARTS) is 1. The number of aromatic nitrogens is 1. The maximum absolute atomic E-state index is 12.2. The Morgan fingerprint density at radius 2 is 2.16 bits per heavy atom. The minimum atomic E-state index is -3.75. The third-order valence-corrected chi connectivity index (χ3v) is 4.93. The Balaban J connectivity index is 2.40. The van der Waals surface area contributed by atoms with Gasteiger partial charge in [0.1, 0.15) is 10.6 Å². The molecule has 19 heavy (non-hydrogen) atoms. The Morgan fingerprint density at radius 1 is 1.53 bits per heavy atom. The van der Waals surface area contributed by atoms with Crippen molar-refractivity contribution in [1.29, 1.82) is 0 Å². The van der Waals surface area contributed by atoms with Crippen LogP contribution < -0.4 is 0 Å². The van der Waals surface area contributed by atoms with E-state index in [-0.39, 0.29) is 29.8 Å². The zero-order valence-corrected chi connectivity index (χ0v) is 11.3. The number of aromatic carboxylic acids is 1. The van der Waals surface area contributed by atoms with Crippen molar-refractivity contribution in [1.82, 2.24) is 8.87 Å². The van der Waals surface area contributed by atoms with Crippen LogP contribution in [0.5, 0.6) is 0 Å². The summed E-state index contributed by atoms with van der Waals surface area (Å²) in [5.74, 6) is -1.14. The first-order valence-corrected chi connectivity index (χ1v) is 7.34. The fourth-order valence-electron chi connectivity index (χ4n) is 1.86. The molecule has 0 bridgehead atoms. The number of carbonyl (C=O) groups is 1. The van der Waals surface area contributed by atoms with Gasteiger partial charge in [-0.1, -0.05) is 0 Å². The standard InChI is InChI=1S/C11H16N2O5S/c1-12(4-5-14)19(17,18)9-6-10(11(15)16)13(7-9)8-2-3-8/h6-8,14H,2-5H2,1H3,(H,15,16). The molecule has 1 aromatic rings. The van der Waals surface area contributed by atoms with Crippen LogP contribution in [0.2, 0.25) is 0 Å². The van der Waals surface area contributed by atoms with Crippen molar-refractivity contribution < 1.29 is 23.4 Å². The average molecular weight is 288 g/mol. The van der Waals surface area contributed by atoms with Crippen LogP contribution in [-0.4, -0.2) is 53.7 Å². The second-order valence-corrected chi connectivity index (χ2v) is 6.60. The first kappa shape index (κ1) is 14.0. The highest BCUT2D eigenvalue weighted by Gasteiger charge is 2.31. The second-order valence-electron chi connectivity index (χ2n) is 4.55. The zero-order valence-electron chi connectivity index (χ0n) is 10.5. The van der Waals surface area contributed by atoms with Crippen LogP contribution in [0, 0.1) is 0 Å². The van der Waals surface area contributed by atoms with Gasteiger partial charge in [-0.05, 0) is 18.9 Å². The molecule has 8 heteroatoms. The van der Waals surface area contributed by atoms with E-state index in [4.69, 9.17) is 10.2 Å². The summed E-state index contributed by atoms with van der Waals surface area (Å²) in [5, 5.41) is 17.9. The van der Waals surface area contributed by atoms with Crippen LogP contribution in [0.4, 0.5) is 0 Å². The lowest BCUT2D eigenvalue weighted by Crippen LogP contribution is -2.29. The molecule has 1 aliphatic rings. The minimum absolute atomic E-state index is 0.0153. The third kappa shape index (κ3) is 2.65. The van der Waals surface area contributed by atoms with Gasteiger partial charge in [-0.3, -0.25) is 0 Å². The molecule has 0 saturated heterocycles. The van der Waals surface area contributed by atoms with Crippen LogP contribution >= 0.6 is 0 Å². The molecule has 0 atom stereocenters. The maximum Gasteiger partial charge on any atom is 0.352 e. The Bertz CT molecular complexity index is 588. The van der Waals surface area contributed by atoms with Gasteiger partial charge in [0.2, 0.25) is 10.0 Å². The number of aliphatic hydroxyl groups excluding tert-OH is 1. The molecule has 7 nitrogen and oxygen atoms in total. The van der Waals surface area contributed by atoms with Crippen molar-refractivity contribution in [3.8, 4) is 0 Å². The lowest BCUT2D eigenvalue weighted by atomic mass is 10.4. The highest BCUT2D eigenvalue weighted by molar-refractivity contribution is 7.89. The van der Waals surface area contributed by atoms with Gasteiger partial charge in [0.25, 0.3) is 0 Å². The van der Waals surface area contributed by atoms with Crippen molar-refractivity contribution >= 4 is 16.0 Å². The molecule has 0 unspecified atom stereocenters. The van der Waals surface area contributed by atoms with E-state index in [1.165, 1.54) is 23.9 Å². The molecular formula is C11H16N2O5S. The summed E-state index contributed by atoms with van der Waals surface area (Å²) in [6.07, 6.45) is 3.09. The van der Waals surface area contributed by atoms with E-state index in [9.17, 15) is 13.2 Å². The maximum atomic E-state index is 12.2. The van der Waals surface area contributed by atoms with E-state index in [1.54, 1.807) is 0 Å². The topological polar surface area (TPSA) is 99.8 Å². The molecule has 106 valence electrons. The van der Waals surface area contributed by atoms with Crippen LogP contribution in [0.25, 0.3) is 0 Å². The fourth-order valence-corrected chi connectivity index (χ4v) is 3.05. The summed E-state index contributed by atoms with van der Waals surface area (Å²) in [5.41, 5.74) is -0.0153. The number of sulfonamides is 1. The van der Waals surface area contributed by atoms with Crippen LogP contribution in [0.15, 0.2) is 17.2 Å². The minimum Gasteiger partial charge on any atom is -0.477 e. The predicted molar refractivity (Wildman–Crippen MR) is 66.6 cm³/mol. The zero-order chi connectivity index (χ0) is 14.2. The van der Waals surface area contributed by atoms with Crippen molar-refractivity contribution in [2.24, 2.45) is 0 Å². The fraction of sp³-hybridized carbons (Fsp3) is 0.545. The summed E-state index contributed by atoms with van der Waals surface area (Å²) in [6, 6.07) is 1.25. The summed E-state index contributed by atoms with van der Waals surface area (Å²) in [7, 11) is -2.41. The van der Waals surface area contributed by atoms with Gasteiger partial charge in [-0.15, -0.1) is 0 Å². The van der Waals surface area contributed by atoms with E-state index in [0.29, 0.717) is 0 Å². The number of hydrogen-bond donors (Lipinski definition) is 2. The molecule has 2 rings (SSSR count). The molecule has 1 saturated carbocycles. The lowest BCUT2D eigenvalue weighted by Gasteiger charge is -2.14. The number of likely N-dealkylation sites (N-methyl/N-ethyl adjacent to an activating group) is 1.